The number of anilines is 1. The van der Waals surface area contributed by atoms with Crippen LogP contribution < -0.4 is 14.4 Å². The highest BCUT2D eigenvalue weighted by Gasteiger charge is 2.34. The topological polar surface area (TPSA) is 96.0 Å². The molecule has 0 aromatic heterocycles. The maximum atomic E-state index is 14.0. The van der Waals surface area contributed by atoms with Gasteiger partial charge < -0.3 is 15.0 Å². The molecule has 0 radical (unpaired) electrons. The van der Waals surface area contributed by atoms with E-state index in [2.05, 4.69) is 5.32 Å². The lowest BCUT2D eigenvalue weighted by molar-refractivity contribution is -0.140. The fraction of sp³-hybridized carbons (Fsp3) is 0.333. The molecule has 0 fully saturated rings. The summed E-state index contributed by atoms with van der Waals surface area (Å²) in [5.74, 6) is -0.682. The molecule has 0 unspecified atom stereocenters. The number of nitrogens with zero attached hydrogens (tertiary/aromatic N) is 2. The van der Waals surface area contributed by atoms with Crippen molar-refractivity contribution >= 4 is 39.1 Å². The highest BCUT2D eigenvalue weighted by atomic mass is 35.5. The van der Waals surface area contributed by atoms with E-state index in [0.717, 1.165) is 9.87 Å². The highest BCUT2D eigenvalue weighted by molar-refractivity contribution is 7.92. The van der Waals surface area contributed by atoms with Crippen LogP contribution in [0.1, 0.15) is 38.8 Å². The summed E-state index contributed by atoms with van der Waals surface area (Å²) < 4.78 is 34.4. The van der Waals surface area contributed by atoms with Crippen molar-refractivity contribution in [3.63, 3.8) is 0 Å². The predicted octanol–water partition coefficient (Wildman–Crippen LogP) is 5.18. The third-order valence-corrected chi connectivity index (χ3v) is 8.35. The zero-order valence-corrected chi connectivity index (χ0v) is 25.2. The van der Waals surface area contributed by atoms with Gasteiger partial charge in [-0.3, -0.25) is 13.9 Å². The van der Waals surface area contributed by atoms with E-state index in [1.165, 1.54) is 24.1 Å². The normalized spacial score (nSPS) is 12.4. The van der Waals surface area contributed by atoms with Crippen molar-refractivity contribution in [2.45, 2.75) is 57.6 Å². The van der Waals surface area contributed by atoms with E-state index in [-0.39, 0.29) is 28.8 Å². The van der Waals surface area contributed by atoms with E-state index in [1.54, 1.807) is 67.6 Å². The molecule has 2 amide bonds. The summed E-state index contributed by atoms with van der Waals surface area (Å²) in [6.07, 6.45) is 0. The summed E-state index contributed by atoms with van der Waals surface area (Å²) in [6, 6.07) is 19.0. The number of sulfonamides is 1. The molecule has 1 atom stereocenters. The molecule has 0 saturated carbocycles. The van der Waals surface area contributed by atoms with Crippen LogP contribution in [0.15, 0.2) is 77.7 Å². The van der Waals surface area contributed by atoms with E-state index in [9.17, 15) is 18.0 Å². The summed E-state index contributed by atoms with van der Waals surface area (Å²) in [5, 5.41) is 3.33. The molecule has 0 aliphatic carbocycles. The van der Waals surface area contributed by atoms with Crippen molar-refractivity contribution in [2.24, 2.45) is 0 Å². The molecule has 0 heterocycles. The molecule has 3 rings (SSSR count). The number of hydrogen-bond donors (Lipinski definition) is 1. The molecule has 10 heteroatoms. The summed E-state index contributed by atoms with van der Waals surface area (Å²) in [6.45, 7) is 8.42. The number of methoxy groups -OCH3 is 1. The van der Waals surface area contributed by atoms with Crippen LogP contribution in [0.3, 0.4) is 0 Å². The van der Waals surface area contributed by atoms with E-state index in [0.29, 0.717) is 10.6 Å². The lowest BCUT2D eigenvalue weighted by Gasteiger charge is -2.34. The number of halogens is 1. The SMILES string of the molecule is COc1ccccc1N(CC(=O)N(Cc1ccccc1Cl)[C@H](C)C(=O)NC(C)(C)C)S(=O)(=O)c1ccc(C)cc1. The van der Waals surface area contributed by atoms with Gasteiger partial charge in [-0.2, -0.15) is 0 Å². The Kier molecular flexibility index (Phi) is 9.87. The first-order chi connectivity index (χ1) is 18.7. The minimum atomic E-state index is -4.21. The maximum Gasteiger partial charge on any atom is 0.264 e. The molecule has 0 spiro atoms. The van der Waals surface area contributed by atoms with Crippen molar-refractivity contribution in [1.82, 2.24) is 10.2 Å². The molecule has 214 valence electrons. The van der Waals surface area contributed by atoms with Crippen molar-refractivity contribution in [1.29, 1.82) is 0 Å². The maximum absolute atomic E-state index is 14.0. The Bertz CT molecular complexity index is 1450. The number of amides is 2. The van der Waals surface area contributed by atoms with Gasteiger partial charge in [0, 0.05) is 17.1 Å². The van der Waals surface area contributed by atoms with Gasteiger partial charge in [-0.15, -0.1) is 0 Å². The quantitative estimate of drug-likeness (QED) is 0.353. The van der Waals surface area contributed by atoms with Gasteiger partial charge in [0.25, 0.3) is 10.0 Å². The van der Waals surface area contributed by atoms with Crippen LogP contribution in [0.25, 0.3) is 0 Å². The van der Waals surface area contributed by atoms with Crippen LogP contribution >= 0.6 is 11.6 Å². The minimum Gasteiger partial charge on any atom is -0.495 e. The van der Waals surface area contributed by atoms with Crippen LogP contribution in [0, 0.1) is 6.92 Å². The first-order valence-electron chi connectivity index (χ1n) is 12.8. The number of carbonyl (C=O) groups is 2. The molecule has 0 saturated heterocycles. The number of aryl methyl sites for hydroxylation is 1. The van der Waals surface area contributed by atoms with Gasteiger partial charge in [-0.1, -0.05) is 59.6 Å². The number of benzene rings is 3. The number of nitrogens with one attached hydrogen (secondary N) is 1. The molecular formula is C30H36ClN3O5S. The summed E-state index contributed by atoms with van der Waals surface area (Å²) in [7, 11) is -2.78. The Hall–Kier alpha value is -3.56. The molecule has 0 aliphatic rings. The van der Waals surface area contributed by atoms with E-state index in [4.69, 9.17) is 16.3 Å². The fourth-order valence-corrected chi connectivity index (χ4v) is 5.67. The molecule has 0 aliphatic heterocycles. The third kappa shape index (κ3) is 7.55. The van der Waals surface area contributed by atoms with Crippen LogP contribution in [-0.2, 0) is 26.2 Å². The first-order valence-corrected chi connectivity index (χ1v) is 14.6. The second-order valence-corrected chi connectivity index (χ2v) is 12.8. The number of hydrogen-bond acceptors (Lipinski definition) is 5. The molecule has 1 N–H and O–H groups in total. The van der Waals surface area contributed by atoms with Gasteiger partial charge in [0.15, 0.2) is 0 Å². The monoisotopic (exact) mass is 585 g/mol. The van der Waals surface area contributed by atoms with E-state index < -0.39 is 34.1 Å². The van der Waals surface area contributed by atoms with Crippen LogP contribution in [-0.4, -0.2) is 50.4 Å². The Morgan fingerprint density at radius 2 is 1.57 bits per heavy atom. The average Bonchev–Trinajstić information content (AvgIpc) is 2.90. The molecular weight excluding hydrogens is 550 g/mol. The fourth-order valence-electron chi connectivity index (χ4n) is 4.05. The van der Waals surface area contributed by atoms with Gasteiger partial charge in [-0.05, 0) is 70.5 Å². The Balaban J connectivity index is 2.09. The van der Waals surface area contributed by atoms with Crippen molar-refractivity contribution in [3.8, 4) is 5.75 Å². The predicted molar refractivity (Wildman–Crippen MR) is 158 cm³/mol. The summed E-state index contributed by atoms with van der Waals surface area (Å²) in [5.41, 5.74) is 1.17. The van der Waals surface area contributed by atoms with Crippen LogP contribution in [0.4, 0.5) is 5.69 Å². The van der Waals surface area contributed by atoms with Crippen molar-refractivity contribution in [2.75, 3.05) is 18.0 Å². The Morgan fingerprint density at radius 1 is 0.975 bits per heavy atom. The van der Waals surface area contributed by atoms with Crippen LogP contribution in [0.2, 0.25) is 5.02 Å². The Morgan fingerprint density at radius 3 is 2.17 bits per heavy atom. The first kappa shape index (κ1) is 31.0. The van der Waals surface area contributed by atoms with E-state index >= 15 is 0 Å². The standard InChI is InChI=1S/C30H36ClN3O5S/c1-21-15-17-24(18-16-21)40(37,38)34(26-13-9-10-14-27(26)39-6)20-28(35)33(19-23-11-7-8-12-25(23)31)22(2)29(36)32-30(3,4)5/h7-18,22H,19-20H2,1-6H3,(H,32,36)/t22-/m1/s1. The summed E-state index contributed by atoms with van der Waals surface area (Å²) in [4.78, 5) is 28.6. The van der Waals surface area contributed by atoms with Gasteiger partial charge in [0.1, 0.15) is 18.3 Å². The van der Waals surface area contributed by atoms with Gasteiger partial charge in [-0.25, -0.2) is 8.42 Å². The molecule has 0 bridgehead atoms. The van der Waals surface area contributed by atoms with Gasteiger partial charge in [0.05, 0.1) is 17.7 Å². The molecule has 3 aromatic rings. The zero-order valence-electron chi connectivity index (χ0n) is 23.6. The highest BCUT2D eigenvalue weighted by Crippen LogP contribution is 2.32. The zero-order chi connectivity index (χ0) is 29.7. The number of para-hydroxylation sites is 2. The smallest absolute Gasteiger partial charge is 0.264 e. The third-order valence-electron chi connectivity index (χ3n) is 6.21. The van der Waals surface area contributed by atoms with Gasteiger partial charge >= 0.3 is 0 Å². The van der Waals surface area contributed by atoms with Crippen LogP contribution in [0.5, 0.6) is 5.75 Å². The second kappa shape index (κ2) is 12.7. The molecule has 3 aromatic carbocycles. The van der Waals surface area contributed by atoms with E-state index in [1.807, 2.05) is 27.7 Å². The number of carbonyl (C=O) groups excluding carboxylic acids is 2. The lowest BCUT2D eigenvalue weighted by Crippen LogP contribution is -2.54. The largest absolute Gasteiger partial charge is 0.495 e. The molecule has 40 heavy (non-hydrogen) atoms. The average molecular weight is 586 g/mol. The van der Waals surface area contributed by atoms with Crippen molar-refractivity contribution < 1.29 is 22.7 Å². The van der Waals surface area contributed by atoms with Crippen molar-refractivity contribution in [3.05, 3.63) is 88.9 Å². The number of ether oxygens (including phenoxy) is 1. The lowest BCUT2D eigenvalue weighted by atomic mass is 10.1. The Labute approximate surface area is 241 Å². The van der Waals surface area contributed by atoms with Gasteiger partial charge in [0.2, 0.25) is 11.8 Å². The molecule has 8 nitrogen and oxygen atoms in total. The minimum absolute atomic E-state index is 0.00157. The summed E-state index contributed by atoms with van der Waals surface area (Å²) >= 11 is 6.41. The second-order valence-electron chi connectivity index (χ2n) is 10.5. The number of rotatable bonds is 10.